The van der Waals surface area contributed by atoms with Crippen molar-refractivity contribution < 1.29 is 13.2 Å². The zero-order chi connectivity index (χ0) is 17.3. The van der Waals surface area contributed by atoms with Crippen molar-refractivity contribution in [2.45, 2.75) is 20.3 Å². The summed E-state index contributed by atoms with van der Waals surface area (Å²) in [5.41, 5.74) is 3.79. The number of hydrogen-bond acceptors (Lipinski definition) is 3. The molecule has 0 bridgehead atoms. The second-order valence-electron chi connectivity index (χ2n) is 6.06. The van der Waals surface area contributed by atoms with Crippen LogP contribution in [0.25, 0.3) is 0 Å². The van der Waals surface area contributed by atoms with Crippen molar-refractivity contribution >= 4 is 27.3 Å². The summed E-state index contributed by atoms with van der Waals surface area (Å²) >= 11 is 0. The predicted octanol–water partition coefficient (Wildman–Crippen LogP) is 3.10. The van der Waals surface area contributed by atoms with Crippen LogP contribution in [0.4, 0.5) is 11.4 Å². The summed E-state index contributed by atoms with van der Waals surface area (Å²) in [5, 5.41) is 2.90. The lowest BCUT2D eigenvalue weighted by molar-refractivity contribution is 0.102. The Morgan fingerprint density at radius 1 is 1.12 bits per heavy atom. The molecule has 1 heterocycles. The van der Waals surface area contributed by atoms with Crippen molar-refractivity contribution in [3.05, 3.63) is 59.2 Å². The van der Waals surface area contributed by atoms with Gasteiger partial charge in [-0.05, 0) is 55.7 Å². The van der Waals surface area contributed by atoms with Crippen molar-refractivity contribution in [2.75, 3.05) is 21.9 Å². The molecular weight excluding hydrogens is 324 g/mol. The zero-order valence-corrected chi connectivity index (χ0v) is 14.6. The van der Waals surface area contributed by atoms with E-state index in [1.54, 1.807) is 24.3 Å². The van der Waals surface area contributed by atoms with E-state index in [0.29, 0.717) is 24.2 Å². The van der Waals surface area contributed by atoms with E-state index in [2.05, 4.69) is 5.32 Å². The topological polar surface area (TPSA) is 66.5 Å². The lowest BCUT2D eigenvalue weighted by Crippen LogP contribution is -2.25. The number of sulfonamides is 1. The zero-order valence-electron chi connectivity index (χ0n) is 13.7. The molecular formula is C18H20N2O3S. The van der Waals surface area contributed by atoms with E-state index in [0.717, 1.165) is 16.8 Å². The Morgan fingerprint density at radius 3 is 2.62 bits per heavy atom. The van der Waals surface area contributed by atoms with Gasteiger partial charge in [-0.1, -0.05) is 18.2 Å². The highest BCUT2D eigenvalue weighted by atomic mass is 32.2. The molecule has 1 N–H and O–H groups in total. The van der Waals surface area contributed by atoms with E-state index in [9.17, 15) is 13.2 Å². The number of carbonyl (C=O) groups is 1. The van der Waals surface area contributed by atoms with Crippen LogP contribution in [-0.4, -0.2) is 26.6 Å². The Hall–Kier alpha value is -2.34. The van der Waals surface area contributed by atoms with Crippen molar-refractivity contribution in [1.82, 2.24) is 0 Å². The third-order valence-corrected chi connectivity index (χ3v) is 6.01. The normalized spacial score (nSPS) is 16.2. The maximum Gasteiger partial charge on any atom is 0.255 e. The van der Waals surface area contributed by atoms with Gasteiger partial charge >= 0.3 is 0 Å². The van der Waals surface area contributed by atoms with Crippen molar-refractivity contribution in [2.24, 2.45) is 0 Å². The number of nitrogens with zero attached hydrogens (tertiary/aromatic N) is 1. The van der Waals surface area contributed by atoms with Gasteiger partial charge in [-0.2, -0.15) is 0 Å². The molecule has 1 amide bonds. The van der Waals surface area contributed by atoms with E-state index in [1.807, 2.05) is 32.0 Å². The number of anilines is 2. The van der Waals surface area contributed by atoms with Crippen LogP contribution in [-0.2, 0) is 10.0 Å². The van der Waals surface area contributed by atoms with Crippen molar-refractivity contribution in [3.63, 3.8) is 0 Å². The number of carbonyl (C=O) groups excluding carboxylic acids is 1. The number of nitrogens with one attached hydrogen (secondary N) is 1. The monoisotopic (exact) mass is 344 g/mol. The van der Waals surface area contributed by atoms with E-state index in [1.165, 1.54) is 4.31 Å². The second-order valence-corrected chi connectivity index (χ2v) is 8.08. The number of rotatable bonds is 3. The van der Waals surface area contributed by atoms with Crippen LogP contribution in [0.5, 0.6) is 0 Å². The van der Waals surface area contributed by atoms with Gasteiger partial charge in [0.05, 0.1) is 11.4 Å². The van der Waals surface area contributed by atoms with Crippen LogP contribution in [0.15, 0.2) is 42.5 Å². The number of amides is 1. The Kier molecular flexibility index (Phi) is 4.32. The van der Waals surface area contributed by atoms with Gasteiger partial charge in [-0.3, -0.25) is 9.10 Å². The van der Waals surface area contributed by atoms with Crippen LogP contribution in [0, 0.1) is 13.8 Å². The lowest BCUT2D eigenvalue weighted by Gasteiger charge is -2.17. The first kappa shape index (κ1) is 16.5. The molecule has 1 aliphatic heterocycles. The summed E-state index contributed by atoms with van der Waals surface area (Å²) < 4.78 is 25.5. The Morgan fingerprint density at radius 2 is 1.92 bits per heavy atom. The van der Waals surface area contributed by atoms with Gasteiger partial charge in [0.1, 0.15) is 0 Å². The minimum atomic E-state index is -3.25. The molecule has 2 aromatic rings. The standard InChI is InChI=1S/C18H20N2O3S/c1-13-7-8-14(2)17(11-13)19-18(21)15-5-3-6-16(12-15)20-9-4-10-24(20,22)23/h3,5-8,11-12H,4,9-10H2,1-2H3,(H,19,21). The summed E-state index contributed by atoms with van der Waals surface area (Å²) in [6, 6.07) is 12.6. The van der Waals surface area contributed by atoms with Crippen LogP contribution in [0.2, 0.25) is 0 Å². The highest BCUT2D eigenvalue weighted by molar-refractivity contribution is 7.93. The maximum absolute atomic E-state index is 12.5. The van der Waals surface area contributed by atoms with Gasteiger partial charge in [-0.15, -0.1) is 0 Å². The smallest absolute Gasteiger partial charge is 0.255 e. The van der Waals surface area contributed by atoms with Gasteiger partial charge in [0.2, 0.25) is 10.0 Å². The van der Waals surface area contributed by atoms with Crippen molar-refractivity contribution in [1.29, 1.82) is 0 Å². The molecule has 0 saturated carbocycles. The molecule has 0 unspecified atom stereocenters. The number of benzene rings is 2. The highest BCUT2D eigenvalue weighted by Crippen LogP contribution is 2.25. The van der Waals surface area contributed by atoms with Gasteiger partial charge in [0, 0.05) is 17.8 Å². The molecule has 5 nitrogen and oxygen atoms in total. The lowest BCUT2D eigenvalue weighted by atomic mass is 10.1. The third kappa shape index (κ3) is 3.28. The van der Waals surface area contributed by atoms with Gasteiger partial charge in [0.15, 0.2) is 0 Å². The summed E-state index contributed by atoms with van der Waals surface area (Å²) in [5.74, 6) is -0.0894. The Bertz CT molecular complexity index is 891. The van der Waals surface area contributed by atoms with Crippen LogP contribution >= 0.6 is 0 Å². The summed E-state index contributed by atoms with van der Waals surface area (Å²) in [6.45, 7) is 4.36. The predicted molar refractivity (Wildman–Crippen MR) is 96.1 cm³/mol. The fourth-order valence-corrected chi connectivity index (χ4v) is 4.35. The first-order valence-electron chi connectivity index (χ1n) is 7.86. The fourth-order valence-electron chi connectivity index (χ4n) is 2.80. The molecule has 1 aliphatic rings. The van der Waals surface area contributed by atoms with Gasteiger partial charge in [0.25, 0.3) is 5.91 Å². The molecule has 0 aromatic heterocycles. The Labute approximate surface area is 142 Å². The average Bonchev–Trinajstić information content (AvgIpc) is 2.90. The molecule has 6 heteroatoms. The average molecular weight is 344 g/mol. The van der Waals surface area contributed by atoms with Gasteiger partial charge in [-0.25, -0.2) is 8.42 Å². The minimum Gasteiger partial charge on any atom is -0.322 e. The second kappa shape index (κ2) is 6.28. The molecule has 24 heavy (non-hydrogen) atoms. The minimum absolute atomic E-state index is 0.159. The molecule has 0 aliphatic carbocycles. The van der Waals surface area contributed by atoms with Crippen LogP contribution < -0.4 is 9.62 Å². The fraction of sp³-hybridized carbons (Fsp3) is 0.278. The first-order valence-corrected chi connectivity index (χ1v) is 9.47. The molecule has 0 atom stereocenters. The van der Waals surface area contributed by atoms with Crippen LogP contribution in [0.3, 0.4) is 0 Å². The highest BCUT2D eigenvalue weighted by Gasteiger charge is 2.28. The van der Waals surface area contributed by atoms with E-state index < -0.39 is 10.0 Å². The number of hydrogen-bond donors (Lipinski definition) is 1. The SMILES string of the molecule is Cc1ccc(C)c(NC(=O)c2cccc(N3CCCS3(=O)=O)c2)c1. The first-order chi connectivity index (χ1) is 11.4. The summed E-state index contributed by atoms with van der Waals surface area (Å²) in [4.78, 5) is 12.5. The summed E-state index contributed by atoms with van der Waals surface area (Å²) in [7, 11) is -3.25. The van der Waals surface area contributed by atoms with E-state index in [-0.39, 0.29) is 11.7 Å². The molecule has 1 saturated heterocycles. The Balaban J connectivity index is 1.86. The summed E-state index contributed by atoms with van der Waals surface area (Å²) in [6.07, 6.45) is 0.612. The molecule has 0 radical (unpaired) electrons. The molecule has 3 rings (SSSR count). The largest absolute Gasteiger partial charge is 0.322 e. The maximum atomic E-state index is 12.5. The third-order valence-electron chi connectivity index (χ3n) is 4.14. The van der Waals surface area contributed by atoms with Crippen molar-refractivity contribution in [3.8, 4) is 0 Å². The quantitative estimate of drug-likeness (QED) is 0.930. The molecule has 0 spiro atoms. The molecule has 1 fully saturated rings. The molecule has 2 aromatic carbocycles. The number of aryl methyl sites for hydroxylation is 2. The molecule has 126 valence electrons. The van der Waals surface area contributed by atoms with Crippen LogP contribution in [0.1, 0.15) is 27.9 Å². The van der Waals surface area contributed by atoms with Gasteiger partial charge < -0.3 is 5.32 Å². The van der Waals surface area contributed by atoms with E-state index >= 15 is 0 Å². The van der Waals surface area contributed by atoms with E-state index in [4.69, 9.17) is 0 Å².